The van der Waals surface area contributed by atoms with Crippen LogP contribution >= 0.6 is 0 Å². The number of anilines is 1. The highest BCUT2D eigenvalue weighted by atomic mass is 16.6. The molecule has 1 N–H and O–H groups in total. The monoisotopic (exact) mass is 280 g/mol. The van der Waals surface area contributed by atoms with E-state index in [-0.39, 0.29) is 6.09 Å². The molecule has 104 valence electrons. The molecule has 21 heavy (non-hydrogen) atoms. The number of carbonyl (C=O) groups excluding carboxylic acids is 1. The van der Waals surface area contributed by atoms with Crippen molar-refractivity contribution in [2.45, 2.75) is 0 Å². The average molecular weight is 280 g/mol. The maximum absolute atomic E-state index is 11.7. The quantitative estimate of drug-likeness (QED) is 0.783. The van der Waals surface area contributed by atoms with Gasteiger partial charge in [0, 0.05) is 29.0 Å². The van der Waals surface area contributed by atoms with Gasteiger partial charge in [0.25, 0.3) is 0 Å². The number of aromatic amines is 1. The molecule has 1 aliphatic rings. The normalized spacial score (nSPS) is 14.7. The Bertz CT molecular complexity index is 813. The Labute approximate surface area is 120 Å². The van der Waals surface area contributed by atoms with Crippen LogP contribution in [0.3, 0.4) is 0 Å². The van der Waals surface area contributed by atoms with Gasteiger partial charge in [-0.3, -0.25) is 15.0 Å². The third-order valence-electron chi connectivity index (χ3n) is 3.57. The first kappa shape index (κ1) is 11.9. The molecule has 0 aliphatic carbocycles. The van der Waals surface area contributed by atoms with Crippen LogP contribution in [0.25, 0.3) is 22.2 Å². The van der Waals surface area contributed by atoms with E-state index in [1.54, 1.807) is 17.3 Å². The lowest BCUT2D eigenvalue weighted by atomic mass is 10.1. The zero-order chi connectivity index (χ0) is 14.2. The van der Waals surface area contributed by atoms with Crippen LogP contribution in [0.5, 0.6) is 0 Å². The second-order valence-electron chi connectivity index (χ2n) is 4.80. The van der Waals surface area contributed by atoms with Crippen molar-refractivity contribution in [1.82, 2.24) is 15.2 Å². The highest BCUT2D eigenvalue weighted by molar-refractivity contribution is 5.98. The molecule has 0 saturated carbocycles. The van der Waals surface area contributed by atoms with E-state index in [4.69, 9.17) is 4.74 Å². The second-order valence-corrected chi connectivity index (χ2v) is 4.80. The summed E-state index contributed by atoms with van der Waals surface area (Å²) in [4.78, 5) is 17.3. The Balaban J connectivity index is 1.85. The zero-order valence-electron chi connectivity index (χ0n) is 11.1. The fourth-order valence-corrected chi connectivity index (χ4v) is 2.53. The molecule has 0 atom stereocenters. The fraction of sp³-hybridized carbons (Fsp3) is 0.133. The molecule has 6 heteroatoms. The summed E-state index contributed by atoms with van der Waals surface area (Å²) >= 11 is 0. The van der Waals surface area contributed by atoms with Gasteiger partial charge in [-0.15, -0.1) is 0 Å². The van der Waals surface area contributed by atoms with Gasteiger partial charge in [-0.05, 0) is 30.3 Å². The molecule has 0 spiro atoms. The van der Waals surface area contributed by atoms with Gasteiger partial charge in [0.05, 0.1) is 12.1 Å². The number of nitrogens with one attached hydrogen (secondary N) is 1. The molecule has 4 rings (SSSR count). The topological polar surface area (TPSA) is 71.1 Å². The smallest absolute Gasteiger partial charge is 0.414 e. The Kier molecular flexibility index (Phi) is 2.60. The van der Waals surface area contributed by atoms with Gasteiger partial charge in [-0.1, -0.05) is 0 Å². The summed E-state index contributed by atoms with van der Waals surface area (Å²) in [7, 11) is 0. The minimum absolute atomic E-state index is 0.302. The molecule has 1 saturated heterocycles. The maximum atomic E-state index is 11.7. The van der Waals surface area contributed by atoms with E-state index in [9.17, 15) is 4.79 Å². The van der Waals surface area contributed by atoms with Crippen LogP contribution in [0.15, 0.2) is 42.7 Å². The lowest BCUT2D eigenvalue weighted by Gasteiger charge is -2.12. The first-order chi connectivity index (χ1) is 10.3. The summed E-state index contributed by atoms with van der Waals surface area (Å²) in [6.07, 6.45) is 3.16. The van der Waals surface area contributed by atoms with Crippen molar-refractivity contribution >= 4 is 22.7 Å². The molecule has 1 aliphatic heterocycles. The predicted octanol–water partition coefficient (Wildman–Crippen LogP) is 2.58. The van der Waals surface area contributed by atoms with Gasteiger partial charge in [-0.2, -0.15) is 5.10 Å². The minimum Gasteiger partial charge on any atom is -0.447 e. The lowest BCUT2D eigenvalue weighted by molar-refractivity contribution is 0.181. The zero-order valence-corrected chi connectivity index (χ0v) is 11.1. The average Bonchev–Trinajstić information content (AvgIpc) is 3.13. The molecule has 3 heterocycles. The van der Waals surface area contributed by atoms with Crippen LogP contribution in [0.1, 0.15) is 0 Å². The Hall–Kier alpha value is -2.89. The molecule has 0 bridgehead atoms. The van der Waals surface area contributed by atoms with E-state index in [2.05, 4.69) is 15.2 Å². The molecular weight excluding hydrogens is 268 g/mol. The molecule has 0 unspecified atom stereocenters. The molecule has 1 fully saturated rings. The third-order valence-corrected chi connectivity index (χ3v) is 3.57. The standard InChI is InChI=1S/C15H12N4O2/c20-15-19(7-8-21-15)11-1-2-13-12(9-11)14(18-17-13)10-3-5-16-6-4-10/h1-6,9H,7-8H2,(H,17,18). The summed E-state index contributed by atoms with van der Waals surface area (Å²) in [5.41, 5.74) is 3.58. The number of H-pyrrole nitrogens is 1. The first-order valence-corrected chi connectivity index (χ1v) is 6.66. The Morgan fingerprint density at radius 3 is 2.81 bits per heavy atom. The van der Waals surface area contributed by atoms with Gasteiger partial charge in [0.15, 0.2) is 0 Å². The minimum atomic E-state index is -0.302. The van der Waals surface area contributed by atoms with E-state index < -0.39 is 0 Å². The van der Waals surface area contributed by atoms with Gasteiger partial charge in [0.2, 0.25) is 0 Å². The highest BCUT2D eigenvalue weighted by Crippen LogP contribution is 2.30. The number of cyclic esters (lactones) is 1. The van der Waals surface area contributed by atoms with E-state index in [0.29, 0.717) is 13.2 Å². The Morgan fingerprint density at radius 1 is 1.19 bits per heavy atom. The van der Waals surface area contributed by atoms with Gasteiger partial charge in [-0.25, -0.2) is 4.79 Å². The number of fused-ring (bicyclic) bond motifs is 1. The number of pyridine rings is 1. The van der Waals surface area contributed by atoms with Crippen LogP contribution < -0.4 is 4.90 Å². The lowest BCUT2D eigenvalue weighted by Crippen LogP contribution is -2.23. The molecular formula is C15H12N4O2. The Morgan fingerprint density at radius 2 is 2.05 bits per heavy atom. The van der Waals surface area contributed by atoms with Crippen molar-refractivity contribution in [2.24, 2.45) is 0 Å². The summed E-state index contributed by atoms with van der Waals surface area (Å²) in [6, 6.07) is 9.59. The highest BCUT2D eigenvalue weighted by Gasteiger charge is 2.24. The number of rotatable bonds is 2. The molecule has 3 aromatic rings. The van der Waals surface area contributed by atoms with Crippen molar-refractivity contribution in [3.8, 4) is 11.3 Å². The molecule has 6 nitrogen and oxygen atoms in total. The van der Waals surface area contributed by atoms with Crippen LogP contribution in [-0.2, 0) is 4.74 Å². The van der Waals surface area contributed by atoms with E-state index in [1.165, 1.54) is 0 Å². The number of hydrogen-bond donors (Lipinski definition) is 1. The van der Waals surface area contributed by atoms with Gasteiger partial charge >= 0.3 is 6.09 Å². The fourth-order valence-electron chi connectivity index (χ4n) is 2.53. The van der Waals surface area contributed by atoms with Crippen molar-refractivity contribution < 1.29 is 9.53 Å². The van der Waals surface area contributed by atoms with Crippen molar-refractivity contribution in [2.75, 3.05) is 18.1 Å². The molecule has 1 aromatic carbocycles. The SMILES string of the molecule is O=C1OCCN1c1ccc2[nH]nc(-c3ccncc3)c2c1. The van der Waals surface area contributed by atoms with E-state index in [0.717, 1.165) is 27.8 Å². The second kappa shape index (κ2) is 4.59. The largest absolute Gasteiger partial charge is 0.447 e. The summed E-state index contributed by atoms with van der Waals surface area (Å²) in [5.74, 6) is 0. The molecule has 2 aromatic heterocycles. The summed E-state index contributed by atoms with van der Waals surface area (Å²) in [5, 5.41) is 8.35. The number of benzene rings is 1. The number of ether oxygens (including phenoxy) is 1. The van der Waals surface area contributed by atoms with Crippen molar-refractivity contribution in [3.63, 3.8) is 0 Å². The van der Waals surface area contributed by atoms with E-state index >= 15 is 0 Å². The van der Waals surface area contributed by atoms with Crippen LogP contribution in [0, 0.1) is 0 Å². The molecule has 0 radical (unpaired) electrons. The first-order valence-electron chi connectivity index (χ1n) is 6.66. The number of nitrogens with zero attached hydrogens (tertiary/aromatic N) is 3. The number of amides is 1. The number of hydrogen-bond acceptors (Lipinski definition) is 4. The van der Waals surface area contributed by atoms with Crippen LogP contribution in [0.4, 0.5) is 10.5 Å². The van der Waals surface area contributed by atoms with Crippen LogP contribution in [0.2, 0.25) is 0 Å². The van der Waals surface area contributed by atoms with Crippen molar-refractivity contribution in [3.05, 3.63) is 42.7 Å². The third kappa shape index (κ3) is 1.92. The van der Waals surface area contributed by atoms with Gasteiger partial charge < -0.3 is 4.74 Å². The van der Waals surface area contributed by atoms with Crippen LogP contribution in [-0.4, -0.2) is 34.4 Å². The van der Waals surface area contributed by atoms with Crippen molar-refractivity contribution in [1.29, 1.82) is 0 Å². The molecule has 1 amide bonds. The summed E-state index contributed by atoms with van der Waals surface area (Å²) < 4.78 is 4.98. The number of aromatic nitrogens is 3. The number of carbonyl (C=O) groups is 1. The van der Waals surface area contributed by atoms with Gasteiger partial charge in [0.1, 0.15) is 12.3 Å². The predicted molar refractivity (Wildman–Crippen MR) is 78.0 cm³/mol. The van der Waals surface area contributed by atoms with E-state index in [1.807, 2.05) is 30.3 Å². The summed E-state index contributed by atoms with van der Waals surface area (Å²) in [6.45, 7) is 1.01. The maximum Gasteiger partial charge on any atom is 0.414 e.